The van der Waals surface area contributed by atoms with E-state index in [2.05, 4.69) is 27.6 Å². The van der Waals surface area contributed by atoms with Crippen LogP contribution in [0.1, 0.15) is 47.2 Å². The third-order valence-corrected chi connectivity index (χ3v) is 6.59. The first kappa shape index (κ1) is 22.1. The van der Waals surface area contributed by atoms with Crippen LogP contribution in [0.2, 0.25) is 0 Å². The monoisotopic (exact) mass is 449 g/mol. The summed E-state index contributed by atoms with van der Waals surface area (Å²) in [6.45, 7) is 5.95. The molecular weight excluding hydrogens is 422 g/mol. The Morgan fingerprint density at radius 3 is 2.53 bits per heavy atom. The van der Waals surface area contributed by atoms with Gasteiger partial charge in [0, 0.05) is 25.2 Å². The highest BCUT2D eigenvalue weighted by Gasteiger charge is 2.23. The third-order valence-electron chi connectivity index (χ3n) is 5.64. The summed E-state index contributed by atoms with van der Waals surface area (Å²) in [5, 5.41) is 12.3. The van der Waals surface area contributed by atoms with Crippen LogP contribution in [0.15, 0.2) is 59.8 Å². The minimum Gasteiger partial charge on any atom is -0.342 e. The molecule has 0 unspecified atom stereocenters. The van der Waals surface area contributed by atoms with E-state index in [1.807, 2.05) is 53.6 Å². The van der Waals surface area contributed by atoms with E-state index in [0.717, 1.165) is 13.0 Å². The maximum absolute atomic E-state index is 12.8. The lowest BCUT2D eigenvalue weighted by Gasteiger charge is -2.28. The fourth-order valence-electron chi connectivity index (χ4n) is 3.88. The smallest absolute Gasteiger partial charge is 0.251 e. The molecule has 1 atom stereocenters. The van der Waals surface area contributed by atoms with E-state index >= 15 is 0 Å². The highest BCUT2D eigenvalue weighted by Crippen LogP contribution is 2.23. The second kappa shape index (κ2) is 9.99. The van der Waals surface area contributed by atoms with Gasteiger partial charge >= 0.3 is 0 Å². The molecule has 0 saturated heterocycles. The number of hydrogen-bond acceptors (Lipinski definition) is 5. The summed E-state index contributed by atoms with van der Waals surface area (Å²) in [4.78, 5) is 27.2. The molecule has 2 aromatic carbocycles. The quantitative estimate of drug-likeness (QED) is 0.559. The minimum atomic E-state index is -0.307. The Hall–Kier alpha value is -3.13. The molecular formula is C24H27N5O2S. The van der Waals surface area contributed by atoms with E-state index < -0.39 is 0 Å². The van der Waals surface area contributed by atoms with Gasteiger partial charge in [0.1, 0.15) is 0 Å². The van der Waals surface area contributed by atoms with E-state index in [-0.39, 0.29) is 17.9 Å². The predicted octanol–water partition coefficient (Wildman–Crippen LogP) is 3.47. The second-order valence-corrected chi connectivity index (χ2v) is 8.71. The largest absolute Gasteiger partial charge is 0.342 e. The molecule has 0 spiro atoms. The van der Waals surface area contributed by atoms with Crippen LogP contribution in [0.4, 0.5) is 0 Å². The molecule has 8 heteroatoms. The van der Waals surface area contributed by atoms with Gasteiger partial charge in [-0.3, -0.25) is 9.59 Å². The van der Waals surface area contributed by atoms with Crippen molar-refractivity contribution in [2.45, 2.75) is 44.6 Å². The van der Waals surface area contributed by atoms with Gasteiger partial charge in [-0.15, -0.1) is 10.2 Å². The summed E-state index contributed by atoms with van der Waals surface area (Å²) in [5.41, 5.74) is 3.15. The molecule has 0 aliphatic carbocycles. The molecule has 2 amide bonds. The molecule has 2 heterocycles. The zero-order valence-electron chi connectivity index (χ0n) is 18.3. The SMILES string of the molecule is CCn1c(SCC(=O)N2CCc3ccccc3C2)nnc1[C@@H](C)NC(=O)c1ccccc1. The van der Waals surface area contributed by atoms with E-state index in [0.29, 0.717) is 35.4 Å². The number of amides is 2. The van der Waals surface area contributed by atoms with E-state index in [1.54, 1.807) is 12.1 Å². The average molecular weight is 450 g/mol. The topological polar surface area (TPSA) is 80.1 Å². The number of thioether (sulfide) groups is 1. The number of aromatic nitrogens is 3. The Morgan fingerprint density at radius 1 is 1.06 bits per heavy atom. The number of fused-ring (bicyclic) bond motifs is 1. The summed E-state index contributed by atoms with van der Waals surface area (Å²) in [5.74, 6) is 0.935. The molecule has 166 valence electrons. The van der Waals surface area contributed by atoms with Crippen LogP contribution in [-0.2, 0) is 24.3 Å². The zero-order chi connectivity index (χ0) is 22.5. The van der Waals surface area contributed by atoms with Gasteiger partial charge in [0.15, 0.2) is 11.0 Å². The molecule has 32 heavy (non-hydrogen) atoms. The van der Waals surface area contributed by atoms with Crippen molar-refractivity contribution >= 4 is 23.6 Å². The second-order valence-electron chi connectivity index (χ2n) is 7.77. The van der Waals surface area contributed by atoms with Crippen molar-refractivity contribution < 1.29 is 9.59 Å². The van der Waals surface area contributed by atoms with Gasteiger partial charge in [0.05, 0.1) is 11.8 Å². The van der Waals surface area contributed by atoms with Gasteiger partial charge in [-0.1, -0.05) is 54.2 Å². The number of carbonyl (C=O) groups is 2. The van der Waals surface area contributed by atoms with E-state index in [9.17, 15) is 9.59 Å². The van der Waals surface area contributed by atoms with Crippen molar-refractivity contribution in [3.8, 4) is 0 Å². The van der Waals surface area contributed by atoms with Gasteiger partial charge in [-0.25, -0.2) is 0 Å². The van der Waals surface area contributed by atoms with Crippen molar-refractivity contribution in [1.29, 1.82) is 0 Å². The number of benzene rings is 2. The fourth-order valence-corrected chi connectivity index (χ4v) is 4.80. The number of nitrogens with one attached hydrogen (secondary N) is 1. The van der Waals surface area contributed by atoms with Crippen molar-refractivity contribution in [2.24, 2.45) is 0 Å². The van der Waals surface area contributed by atoms with E-state index in [1.165, 1.54) is 22.9 Å². The van der Waals surface area contributed by atoms with Crippen molar-refractivity contribution in [3.63, 3.8) is 0 Å². The minimum absolute atomic E-state index is 0.0992. The first-order chi connectivity index (χ1) is 15.6. The van der Waals surface area contributed by atoms with Crippen molar-refractivity contribution in [2.75, 3.05) is 12.3 Å². The molecule has 1 aliphatic heterocycles. The average Bonchev–Trinajstić information content (AvgIpc) is 3.25. The highest BCUT2D eigenvalue weighted by atomic mass is 32.2. The molecule has 0 bridgehead atoms. The Balaban J connectivity index is 1.38. The summed E-state index contributed by atoms with van der Waals surface area (Å²) in [6, 6.07) is 17.1. The van der Waals surface area contributed by atoms with Crippen molar-refractivity contribution in [1.82, 2.24) is 25.0 Å². The van der Waals surface area contributed by atoms with Crippen LogP contribution >= 0.6 is 11.8 Å². The third kappa shape index (κ3) is 4.85. The summed E-state index contributed by atoms with van der Waals surface area (Å²) < 4.78 is 1.96. The van der Waals surface area contributed by atoms with Crippen LogP contribution in [0.3, 0.4) is 0 Å². The lowest BCUT2D eigenvalue weighted by atomic mass is 10.00. The lowest BCUT2D eigenvalue weighted by molar-refractivity contribution is -0.129. The lowest BCUT2D eigenvalue weighted by Crippen LogP contribution is -2.37. The fraction of sp³-hybridized carbons (Fsp3) is 0.333. The van der Waals surface area contributed by atoms with Gasteiger partial charge < -0.3 is 14.8 Å². The molecule has 1 aliphatic rings. The van der Waals surface area contributed by atoms with E-state index in [4.69, 9.17) is 0 Å². The molecule has 3 aromatic rings. The number of rotatable bonds is 7. The highest BCUT2D eigenvalue weighted by molar-refractivity contribution is 7.99. The molecule has 7 nitrogen and oxygen atoms in total. The van der Waals surface area contributed by atoms with Gasteiger partial charge in [-0.05, 0) is 43.5 Å². The van der Waals surface area contributed by atoms with Crippen LogP contribution in [0.25, 0.3) is 0 Å². The molecule has 0 fully saturated rings. The van der Waals surface area contributed by atoms with Crippen LogP contribution in [0.5, 0.6) is 0 Å². The Morgan fingerprint density at radius 2 is 1.78 bits per heavy atom. The van der Waals surface area contributed by atoms with Gasteiger partial charge in [0.25, 0.3) is 5.91 Å². The Bertz CT molecular complexity index is 1100. The molecule has 1 N–H and O–H groups in total. The summed E-state index contributed by atoms with van der Waals surface area (Å²) in [7, 11) is 0. The van der Waals surface area contributed by atoms with Crippen molar-refractivity contribution in [3.05, 3.63) is 77.1 Å². The standard InChI is InChI=1S/C24H27N5O2S/c1-3-29-22(17(2)25-23(31)19-10-5-4-6-11-19)26-27-24(29)32-16-21(30)28-14-13-18-9-7-8-12-20(18)15-28/h4-12,17H,3,13-16H2,1-2H3,(H,25,31)/t17-/m1/s1. The summed E-state index contributed by atoms with van der Waals surface area (Å²) in [6.07, 6.45) is 0.889. The number of nitrogens with zero attached hydrogens (tertiary/aromatic N) is 4. The number of carbonyl (C=O) groups excluding carboxylic acids is 2. The maximum atomic E-state index is 12.8. The molecule has 4 rings (SSSR count). The first-order valence-electron chi connectivity index (χ1n) is 10.8. The predicted molar refractivity (Wildman–Crippen MR) is 124 cm³/mol. The first-order valence-corrected chi connectivity index (χ1v) is 11.8. The van der Waals surface area contributed by atoms with Crippen LogP contribution < -0.4 is 5.32 Å². The van der Waals surface area contributed by atoms with Gasteiger partial charge in [0.2, 0.25) is 5.91 Å². The molecule has 1 aromatic heterocycles. The van der Waals surface area contributed by atoms with Crippen LogP contribution in [0, 0.1) is 0 Å². The molecule has 0 radical (unpaired) electrons. The maximum Gasteiger partial charge on any atom is 0.251 e. The summed E-state index contributed by atoms with van der Waals surface area (Å²) >= 11 is 1.39. The van der Waals surface area contributed by atoms with Crippen LogP contribution in [-0.4, -0.2) is 43.8 Å². The molecule has 0 saturated carbocycles. The zero-order valence-corrected chi connectivity index (χ0v) is 19.1. The Kier molecular flexibility index (Phi) is 6.90. The Labute approximate surface area is 192 Å². The normalized spacial score (nSPS) is 14.0. The van der Waals surface area contributed by atoms with Gasteiger partial charge in [-0.2, -0.15) is 0 Å². The number of hydrogen-bond donors (Lipinski definition) is 1.